The molecule has 1 aromatic rings. The molecule has 0 saturated heterocycles. The molecule has 1 aliphatic rings. The van der Waals surface area contributed by atoms with Crippen LogP contribution in [0.1, 0.15) is 36.2 Å². The van der Waals surface area contributed by atoms with E-state index in [1.54, 1.807) is 7.11 Å². The van der Waals surface area contributed by atoms with Gasteiger partial charge < -0.3 is 15.4 Å². The Hall–Kier alpha value is -1.39. The fraction of sp³-hybridized carbons (Fsp3) is 0.588. The number of rotatable bonds is 6. The second-order valence-electron chi connectivity index (χ2n) is 6.32. The van der Waals surface area contributed by atoms with Gasteiger partial charge in [-0.25, -0.2) is 0 Å². The number of amides is 1. The maximum Gasteiger partial charge on any atom is 0.251 e. The van der Waals surface area contributed by atoms with E-state index in [0.29, 0.717) is 0 Å². The molecule has 1 aliphatic carbocycles. The third-order valence-corrected chi connectivity index (χ3v) is 4.67. The standard InChI is InChI=1S/C17H26N2O2/c1-17(2)14(11-15(17)21-4)19-16(20)13-8-6-5-7-12(13)9-10-18-3/h5-8,14-15,18H,9-11H2,1-4H3,(H,19,20). The van der Waals surface area contributed by atoms with Gasteiger partial charge in [0.2, 0.25) is 0 Å². The first kappa shape index (κ1) is 16.0. The average molecular weight is 290 g/mol. The van der Waals surface area contributed by atoms with Crippen LogP contribution >= 0.6 is 0 Å². The largest absolute Gasteiger partial charge is 0.381 e. The molecule has 2 unspecified atom stereocenters. The van der Waals surface area contributed by atoms with E-state index in [1.165, 1.54) is 0 Å². The first-order chi connectivity index (χ1) is 10.0. The SMILES string of the molecule is CNCCc1ccccc1C(=O)NC1CC(OC)C1(C)C. The second-order valence-corrected chi connectivity index (χ2v) is 6.32. The summed E-state index contributed by atoms with van der Waals surface area (Å²) in [4.78, 5) is 12.5. The predicted octanol–water partition coefficient (Wildman–Crippen LogP) is 1.99. The fourth-order valence-corrected chi connectivity index (χ4v) is 2.99. The van der Waals surface area contributed by atoms with Crippen molar-refractivity contribution in [3.05, 3.63) is 35.4 Å². The van der Waals surface area contributed by atoms with Crippen LogP contribution in [0.5, 0.6) is 0 Å². The molecule has 0 bridgehead atoms. The molecular formula is C17H26N2O2. The highest BCUT2D eigenvalue weighted by Crippen LogP contribution is 2.42. The normalized spacial score (nSPS) is 23.4. The lowest BCUT2D eigenvalue weighted by molar-refractivity contribution is -0.0942. The number of benzene rings is 1. The van der Waals surface area contributed by atoms with Crippen LogP contribution in [-0.2, 0) is 11.2 Å². The van der Waals surface area contributed by atoms with Crippen LogP contribution < -0.4 is 10.6 Å². The minimum atomic E-state index is -0.00960. The zero-order valence-electron chi connectivity index (χ0n) is 13.4. The molecule has 0 spiro atoms. The Morgan fingerprint density at radius 3 is 2.71 bits per heavy atom. The first-order valence-electron chi connectivity index (χ1n) is 7.57. The highest BCUT2D eigenvalue weighted by molar-refractivity contribution is 5.96. The smallest absolute Gasteiger partial charge is 0.251 e. The van der Waals surface area contributed by atoms with Crippen molar-refractivity contribution in [2.24, 2.45) is 5.41 Å². The molecule has 0 aliphatic heterocycles. The van der Waals surface area contributed by atoms with Crippen LogP contribution in [0.3, 0.4) is 0 Å². The maximum atomic E-state index is 12.5. The van der Waals surface area contributed by atoms with Gasteiger partial charge >= 0.3 is 0 Å². The average Bonchev–Trinajstić information content (AvgIpc) is 2.48. The Morgan fingerprint density at radius 1 is 1.38 bits per heavy atom. The Kier molecular flexibility index (Phi) is 5.01. The third kappa shape index (κ3) is 3.27. The Balaban J connectivity index is 2.04. The quantitative estimate of drug-likeness (QED) is 0.842. The number of carbonyl (C=O) groups is 1. The number of hydrogen-bond acceptors (Lipinski definition) is 3. The lowest BCUT2D eigenvalue weighted by Gasteiger charge is -2.51. The first-order valence-corrected chi connectivity index (χ1v) is 7.57. The van der Waals surface area contributed by atoms with Gasteiger partial charge in [-0.15, -0.1) is 0 Å². The van der Waals surface area contributed by atoms with Gasteiger partial charge in [-0.2, -0.15) is 0 Å². The van der Waals surface area contributed by atoms with Crippen molar-refractivity contribution in [2.75, 3.05) is 20.7 Å². The van der Waals surface area contributed by atoms with Gasteiger partial charge in [0.15, 0.2) is 0 Å². The van der Waals surface area contributed by atoms with Crippen LogP contribution in [-0.4, -0.2) is 38.8 Å². The van der Waals surface area contributed by atoms with Crippen molar-refractivity contribution in [3.8, 4) is 0 Å². The molecule has 1 fully saturated rings. The summed E-state index contributed by atoms with van der Waals surface area (Å²) < 4.78 is 5.44. The molecule has 2 rings (SSSR count). The molecular weight excluding hydrogens is 264 g/mol. The molecule has 4 nitrogen and oxygen atoms in total. The van der Waals surface area contributed by atoms with E-state index in [2.05, 4.69) is 24.5 Å². The number of hydrogen-bond donors (Lipinski definition) is 2. The van der Waals surface area contributed by atoms with Gasteiger partial charge in [0.25, 0.3) is 5.91 Å². The highest BCUT2D eigenvalue weighted by atomic mass is 16.5. The monoisotopic (exact) mass is 290 g/mol. The van der Waals surface area contributed by atoms with Crippen molar-refractivity contribution < 1.29 is 9.53 Å². The Labute approximate surface area is 127 Å². The third-order valence-electron chi connectivity index (χ3n) is 4.67. The molecule has 2 N–H and O–H groups in total. The summed E-state index contributed by atoms with van der Waals surface area (Å²) in [5.41, 5.74) is 1.86. The molecule has 21 heavy (non-hydrogen) atoms. The van der Waals surface area contributed by atoms with E-state index >= 15 is 0 Å². The molecule has 116 valence electrons. The summed E-state index contributed by atoms with van der Waals surface area (Å²) in [5.74, 6) is 0.0225. The Morgan fingerprint density at radius 2 is 2.10 bits per heavy atom. The zero-order chi connectivity index (χ0) is 15.5. The van der Waals surface area contributed by atoms with Crippen LogP contribution in [0.4, 0.5) is 0 Å². The van der Waals surface area contributed by atoms with Gasteiger partial charge in [-0.3, -0.25) is 4.79 Å². The van der Waals surface area contributed by atoms with Crippen molar-refractivity contribution in [3.63, 3.8) is 0 Å². The number of likely N-dealkylation sites (N-methyl/N-ethyl adjacent to an activating group) is 1. The summed E-state index contributed by atoms with van der Waals surface area (Å²) >= 11 is 0. The van der Waals surface area contributed by atoms with Gasteiger partial charge in [-0.1, -0.05) is 32.0 Å². The van der Waals surface area contributed by atoms with Gasteiger partial charge in [0.05, 0.1) is 6.10 Å². The minimum Gasteiger partial charge on any atom is -0.381 e. The minimum absolute atomic E-state index is 0.00960. The van der Waals surface area contributed by atoms with E-state index in [4.69, 9.17) is 4.74 Å². The summed E-state index contributed by atoms with van der Waals surface area (Å²) in [6, 6.07) is 8.00. The van der Waals surface area contributed by atoms with Crippen LogP contribution in [0.2, 0.25) is 0 Å². The van der Waals surface area contributed by atoms with E-state index in [1.807, 2.05) is 31.3 Å². The number of carbonyl (C=O) groups excluding carboxylic acids is 1. The van der Waals surface area contributed by atoms with Crippen molar-refractivity contribution in [1.29, 1.82) is 0 Å². The van der Waals surface area contributed by atoms with E-state index in [9.17, 15) is 4.79 Å². The van der Waals surface area contributed by atoms with Crippen molar-refractivity contribution in [2.45, 2.75) is 38.8 Å². The van der Waals surface area contributed by atoms with Gasteiger partial charge in [0.1, 0.15) is 0 Å². The van der Waals surface area contributed by atoms with E-state index in [-0.39, 0.29) is 23.5 Å². The molecule has 1 saturated carbocycles. The van der Waals surface area contributed by atoms with Gasteiger partial charge in [-0.05, 0) is 38.1 Å². The second kappa shape index (κ2) is 6.58. The van der Waals surface area contributed by atoms with Crippen molar-refractivity contribution in [1.82, 2.24) is 10.6 Å². The Bertz CT molecular complexity index is 499. The van der Waals surface area contributed by atoms with Crippen molar-refractivity contribution >= 4 is 5.91 Å². The topological polar surface area (TPSA) is 50.4 Å². The molecule has 1 amide bonds. The fourth-order valence-electron chi connectivity index (χ4n) is 2.99. The number of nitrogens with one attached hydrogen (secondary N) is 2. The lowest BCUT2D eigenvalue weighted by atomic mass is 9.64. The molecule has 4 heteroatoms. The van der Waals surface area contributed by atoms with Crippen LogP contribution in [0, 0.1) is 5.41 Å². The maximum absolute atomic E-state index is 12.5. The molecule has 0 aromatic heterocycles. The van der Waals surface area contributed by atoms with Crippen LogP contribution in [0.15, 0.2) is 24.3 Å². The van der Waals surface area contributed by atoms with E-state index in [0.717, 1.165) is 30.5 Å². The molecule has 1 aromatic carbocycles. The summed E-state index contributed by atoms with van der Waals surface area (Å²) in [6.07, 6.45) is 1.96. The summed E-state index contributed by atoms with van der Waals surface area (Å²) in [7, 11) is 3.65. The summed E-state index contributed by atoms with van der Waals surface area (Å²) in [6.45, 7) is 5.15. The molecule has 0 radical (unpaired) electrons. The molecule has 2 atom stereocenters. The van der Waals surface area contributed by atoms with E-state index < -0.39 is 0 Å². The highest BCUT2D eigenvalue weighted by Gasteiger charge is 2.49. The number of ether oxygens (including phenoxy) is 1. The summed E-state index contributed by atoms with van der Waals surface area (Å²) in [5, 5.41) is 6.29. The zero-order valence-corrected chi connectivity index (χ0v) is 13.4. The van der Waals surface area contributed by atoms with Gasteiger partial charge in [0, 0.05) is 24.1 Å². The molecule has 0 heterocycles. The number of methoxy groups -OCH3 is 1. The lowest BCUT2D eigenvalue weighted by Crippen LogP contribution is -2.61. The predicted molar refractivity (Wildman–Crippen MR) is 84.5 cm³/mol. The van der Waals surface area contributed by atoms with Crippen LogP contribution in [0.25, 0.3) is 0 Å².